The highest BCUT2D eigenvalue weighted by molar-refractivity contribution is 6.30. The van der Waals surface area contributed by atoms with Crippen LogP contribution in [0, 0.1) is 11.3 Å². The first-order valence-electron chi connectivity index (χ1n) is 12.2. The summed E-state index contributed by atoms with van der Waals surface area (Å²) in [6, 6.07) is 15.2. The van der Waals surface area contributed by atoms with Crippen molar-refractivity contribution in [3.8, 4) is 6.07 Å². The number of benzene rings is 1. The smallest absolute Gasteiger partial charge is 0.322 e. The average Bonchev–Trinajstić information content (AvgIpc) is 3.23. The number of fused-ring (bicyclic) bond motifs is 2. The van der Waals surface area contributed by atoms with E-state index in [2.05, 4.69) is 38.4 Å². The number of carbonyl (C=O) groups is 1. The van der Waals surface area contributed by atoms with Crippen LogP contribution in [0.25, 0.3) is 6.08 Å². The van der Waals surface area contributed by atoms with Gasteiger partial charge in [-0.3, -0.25) is 9.80 Å². The summed E-state index contributed by atoms with van der Waals surface area (Å²) in [5, 5.41) is 13.6. The molecule has 0 atom stereocenters. The van der Waals surface area contributed by atoms with Gasteiger partial charge < -0.3 is 5.32 Å². The van der Waals surface area contributed by atoms with Gasteiger partial charge in [0.1, 0.15) is 16.9 Å². The predicted octanol–water partition coefficient (Wildman–Crippen LogP) is 5.43. The van der Waals surface area contributed by atoms with Crippen molar-refractivity contribution in [3.05, 3.63) is 93.5 Å². The monoisotopic (exact) mass is 532 g/mol. The van der Waals surface area contributed by atoms with Crippen molar-refractivity contribution in [2.45, 2.75) is 24.8 Å². The van der Waals surface area contributed by atoms with Gasteiger partial charge in [0.05, 0.1) is 11.9 Å². The number of urea groups is 1. The Labute approximate surface area is 226 Å². The van der Waals surface area contributed by atoms with Crippen LogP contribution in [-0.2, 0) is 12.0 Å². The molecule has 0 saturated carbocycles. The second-order valence-corrected chi connectivity index (χ2v) is 10.3. The zero-order chi connectivity index (χ0) is 25.8. The largest absolute Gasteiger partial charge is 0.334 e. The highest BCUT2D eigenvalue weighted by Gasteiger charge is 2.46. The van der Waals surface area contributed by atoms with Crippen LogP contribution in [0.3, 0.4) is 0 Å². The van der Waals surface area contributed by atoms with E-state index < -0.39 is 0 Å². The summed E-state index contributed by atoms with van der Waals surface area (Å²) in [5.74, 6) is 0. The fourth-order valence-corrected chi connectivity index (χ4v) is 5.45. The molecule has 0 unspecified atom stereocenters. The Balaban J connectivity index is 1.27. The number of pyridine rings is 2. The second kappa shape index (κ2) is 10.9. The number of halogens is 2. The van der Waals surface area contributed by atoms with E-state index in [1.165, 1.54) is 0 Å². The van der Waals surface area contributed by atoms with Crippen molar-refractivity contribution in [1.29, 1.82) is 5.26 Å². The Hall–Kier alpha value is -3.44. The number of nitrogens with one attached hydrogen (secondary N) is 1. The highest BCUT2D eigenvalue weighted by atomic mass is 35.5. The van der Waals surface area contributed by atoms with Gasteiger partial charge in [-0.25, -0.2) is 14.8 Å². The zero-order valence-corrected chi connectivity index (χ0v) is 21.7. The number of piperidine rings is 1. The van der Waals surface area contributed by atoms with Gasteiger partial charge in [-0.15, -0.1) is 0 Å². The molecule has 9 heteroatoms. The number of rotatable bonds is 5. The molecule has 3 aromatic rings. The van der Waals surface area contributed by atoms with E-state index in [0.717, 1.165) is 59.9 Å². The molecule has 2 amide bonds. The minimum Gasteiger partial charge on any atom is -0.334 e. The van der Waals surface area contributed by atoms with Gasteiger partial charge in [-0.05, 0) is 73.0 Å². The number of nitrogens with zero attached hydrogens (tertiary/aromatic N) is 5. The molecule has 2 aliphatic heterocycles. The van der Waals surface area contributed by atoms with Crippen LogP contribution >= 0.6 is 23.2 Å². The summed E-state index contributed by atoms with van der Waals surface area (Å²) in [4.78, 5) is 25.7. The molecule has 2 aromatic heterocycles. The van der Waals surface area contributed by atoms with Gasteiger partial charge in [0.15, 0.2) is 0 Å². The van der Waals surface area contributed by atoms with E-state index in [9.17, 15) is 10.1 Å². The number of nitriles is 1. The molecule has 0 aliphatic carbocycles. The van der Waals surface area contributed by atoms with Crippen molar-refractivity contribution < 1.29 is 4.79 Å². The molecular weight excluding hydrogens is 507 g/mol. The third kappa shape index (κ3) is 5.62. The maximum Gasteiger partial charge on any atom is 0.322 e. The number of carbonyl (C=O) groups excluding carboxylic acids is 1. The van der Waals surface area contributed by atoms with Crippen LogP contribution in [-0.4, -0.2) is 47.1 Å². The lowest BCUT2D eigenvalue weighted by Gasteiger charge is -2.39. The van der Waals surface area contributed by atoms with Crippen molar-refractivity contribution in [3.63, 3.8) is 0 Å². The maximum absolute atomic E-state index is 13.3. The molecular formula is C28H26Cl2N6O. The molecule has 5 rings (SSSR count). The SMILES string of the molecule is N#Cc1cc2c(cn1)N(C(=O)NCc1ccnc(Cl)c1)CC21CCN(CC=Cc2ccc(Cl)cc2)CC1. The molecule has 1 N–H and O–H groups in total. The Morgan fingerprint density at radius 1 is 1.14 bits per heavy atom. The first-order valence-corrected chi connectivity index (χ1v) is 12.9. The number of hydrogen-bond acceptors (Lipinski definition) is 5. The summed E-state index contributed by atoms with van der Waals surface area (Å²) in [7, 11) is 0. The van der Waals surface area contributed by atoms with E-state index in [4.69, 9.17) is 23.2 Å². The first-order chi connectivity index (χ1) is 18.0. The fraction of sp³-hybridized carbons (Fsp3) is 0.286. The van der Waals surface area contributed by atoms with Crippen LogP contribution < -0.4 is 10.2 Å². The number of hydrogen-bond donors (Lipinski definition) is 1. The van der Waals surface area contributed by atoms with Gasteiger partial charge in [-0.1, -0.05) is 47.5 Å². The molecule has 188 valence electrons. The summed E-state index contributed by atoms with van der Waals surface area (Å²) >= 11 is 12.0. The molecule has 1 fully saturated rings. The van der Waals surface area contributed by atoms with Gasteiger partial charge in [0, 0.05) is 36.3 Å². The predicted molar refractivity (Wildman–Crippen MR) is 146 cm³/mol. The minimum atomic E-state index is -0.197. The topological polar surface area (TPSA) is 85.1 Å². The van der Waals surface area contributed by atoms with Crippen molar-refractivity contribution in [2.75, 3.05) is 31.1 Å². The van der Waals surface area contributed by atoms with Crippen LogP contribution in [0.5, 0.6) is 0 Å². The van der Waals surface area contributed by atoms with Crippen molar-refractivity contribution in [2.24, 2.45) is 0 Å². The van der Waals surface area contributed by atoms with Gasteiger partial charge in [0.2, 0.25) is 0 Å². The Morgan fingerprint density at radius 3 is 2.65 bits per heavy atom. The molecule has 1 saturated heterocycles. The van der Waals surface area contributed by atoms with E-state index in [-0.39, 0.29) is 11.4 Å². The molecule has 0 radical (unpaired) electrons. The molecule has 1 aromatic carbocycles. The second-order valence-electron chi connectivity index (χ2n) is 9.47. The third-order valence-corrected chi connectivity index (χ3v) is 7.62. The molecule has 2 aliphatic rings. The Bertz CT molecular complexity index is 1360. The Morgan fingerprint density at radius 2 is 1.92 bits per heavy atom. The molecule has 0 bridgehead atoms. The van der Waals surface area contributed by atoms with Crippen LogP contribution in [0.4, 0.5) is 10.5 Å². The van der Waals surface area contributed by atoms with Crippen LogP contribution in [0.1, 0.15) is 35.2 Å². The van der Waals surface area contributed by atoms with Gasteiger partial charge in [-0.2, -0.15) is 5.26 Å². The van der Waals surface area contributed by atoms with Crippen molar-refractivity contribution >= 4 is 41.0 Å². The summed E-state index contributed by atoms with van der Waals surface area (Å²) in [6.45, 7) is 3.57. The van der Waals surface area contributed by atoms with Gasteiger partial charge in [0.25, 0.3) is 0 Å². The number of anilines is 1. The lowest BCUT2D eigenvalue weighted by atomic mass is 9.74. The number of likely N-dealkylation sites (tertiary alicyclic amines) is 1. The van der Waals surface area contributed by atoms with E-state index in [0.29, 0.717) is 23.9 Å². The van der Waals surface area contributed by atoms with Crippen LogP contribution in [0.2, 0.25) is 10.2 Å². The third-order valence-electron chi connectivity index (χ3n) is 7.16. The maximum atomic E-state index is 13.3. The molecule has 4 heterocycles. The van der Waals surface area contributed by atoms with Gasteiger partial charge >= 0.3 is 6.03 Å². The fourth-order valence-electron chi connectivity index (χ4n) is 5.13. The van der Waals surface area contributed by atoms with E-state index in [1.54, 1.807) is 23.4 Å². The number of amides is 2. The summed E-state index contributed by atoms with van der Waals surface area (Å²) < 4.78 is 0. The highest BCUT2D eigenvalue weighted by Crippen LogP contribution is 2.47. The molecule has 37 heavy (non-hydrogen) atoms. The first kappa shape index (κ1) is 25.2. The quantitative estimate of drug-likeness (QED) is 0.442. The standard InChI is InChI=1S/C28H26Cl2N6O/c29-22-5-3-20(4-6-22)2-1-11-35-12-8-28(9-13-35)19-36(25-18-33-23(16-31)15-24(25)28)27(37)34-17-21-7-10-32-26(30)14-21/h1-7,10,14-15,18H,8-9,11-13,17,19H2,(H,34,37). The lowest BCUT2D eigenvalue weighted by Crippen LogP contribution is -2.47. The normalized spacial score (nSPS) is 16.6. The number of aromatic nitrogens is 2. The summed E-state index contributed by atoms with van der Waals surface area (Å²) in [5.41, 5.74) is 3.99. The van der Waals surface area contributed by atoms with E-state index >= 15 is 0 Å². The molecule has 1 spiro atoms. The summed E-state index contributed by atoms with van der Waals surface area (Å²) in [6.07, 6.45) is 9.36. The Kier molecular flexibility index (Phi) is 7.43. The van der Waals surface area contributed by atoms with E-state index in [1.807, 2.05) is 36.4 Å². The minimum absolute atomic E-state index is 0.189. The zero-order valence-electron chi connectivity index (χ0n) is 20.2. The average molecular weight is 533 g/mol. The molecule has 7 nitrogen and oxygen atoms in total. The van der Waals surface area contributed by atoms with Crippen LogP contribution in [0.15, 0.2) is 60.9 Å². The lowest BCUT2D eigenvalue weighted by molar-refractivity contribution is 0.180. The van der Waals surface area contributed by atoms with Crippen molar-refractivity contribution in [1.82, 2.24) is 20.2 Å².